The molecule has 1 atom stereocenters. The lowest BCUT2D eigenvalue weighted by molar-refractivity contribution is 0.0953. The van der Waals surface area contributed by atoms with Gasteiger partial charge in [-0.1, -0.05) is 18.2 Å². The van der Waals surface area contributed by atoms with Crippen LogP contribution in [-0.2, 0) is 0 Å². The summed E-state index contributed by atoms with van der Waals surface area (Å²) in [4.78, 5) is 14.9. The molecule has 2 aromatic rings. The van der Waals surface area contributed by atoms with Crippen molar-refractivity contribution in [1.29, 1.82) is 0 Å². The highest BCUT2D eigenvalue weighted by Crippen LogP contribution is 2.17. The summed E-state index contributed by atoms with van der Waals surface area (Å²) in [6.45, 7) is 2.34. The fraction of sp³-hybridized carbons (Fsp3) is 0.250. The van der Waals surface area contributed by atoms with Gasteiger partial charge in [0.25, 0.3) is 5.91 Å². The van der Waals surface area contributed by atoms with Crippen LogP contribution in [0.15, 0.2) is 30.5 Å². The summed E-state index contributed by atoms with van der Waals surface area (Å²) in [5, 5.41) is 3.73. The van der Waals surface area contributed by atoms with Crippen LogP contribution in [0, 0.1) is 0 Å². The molecule has 1 unspecified atom stereocenters. The number of aromatic nitrogens is 1. The average Bonchev–Trinajstić information content (AvgIpc) is 2.69. The van der Waals surface area contributed by atoms with Gasteiger partial charge in [-0.25, -0.2) is 0 Å². The maximum Gasteiger partial charge on any atom is 0.253 e. The van der Waals surface area contributed by atoms with E-state index in [1.807, 2.05) is 31.2 Å². The number of para-hydroxylation sites is 1. The second-order valence-corrected chi connectivity index (χ2v) is 3.94. The minimum absolute atomic E-state index is 0.0332. The number of amides is 1. The van der Waals surface area contributed by atoms with Gasteiger partial charge in [-0.05, 0) is 13.0 Å². The minimum Gasteiger partial charge on any atom is -0.360 e. The van der Waals surface area contributed by atoms with Gasteiger partial charge in [-0.3, -0.25) is 4.79 Å². The Morgan fingerprint density at radius 1 is 1.50 bits per heavy atom. The number of nitrogens with one attached hydrogen (secondary N) is 2. The number of rotatable bonds is 3. The molecule has 0 radical (unpaired) electrons. The topological polar surface area (TPSA) is 70.9 Å². The fourth-order valence-electron chi connectivity index (χ4n) is 1.61. The first kappa shape index (κ1) is 10.7. The van der Waals surface area contributed by atoms with E-state index < -0.39 is 0 Å². The number of hydrogen-bond donors (Lipinski definition) is 3. The van der Waals surface area contributed by atoms with Crippen LogP contribution in [-0.4, -0.2) is 23.5 Å². The number of aromatic amines is 1. The van der Waals surface area contributed by atoms with Crippen molar-refractivity contribution in [2.24, 2.45) is 5.73 Å². The molecule has 0 saturated heterocycles. The normalized spacial score (nSPS) is 12.6. The van der Waals surface area contributed by atoms with E-state index in [0.29, 0.717) is 12.1 Å². The second kappa shape index (κ2) is 4.37. The molecule has 2 rings (SSSR count). The zero-order valence-electron chi connectivity index (χ0n) is 9.16. The van der Waals surface area contributed by atoms with Crippen LogP contribution in [0.4, 0.5) is 0 Å². The molecule has 84 valence electrons. The summed E-state index contributed by atoms with van der Waals surface area (Å²) in [6.07, 6.45) is 1.72. The fourth-order valence-corrected chi connectivity index (χ4v) is 1.61. The third kappa shape index (κ3) is 2.06. The summed E-state index contributed by atoms with van der Waals surface area (Å²) in [5.74, 6) is -0.0882. The number of fused-ring (bicyclic) bond motifs is 1. The smallest absolute Gasteiger partial charge is 0.253 e. The number of carbonyl (C=O) groups is 1. The van der Waals surface area contributed by atoms with Gasteiger partial charge in [-0.15, -0.1) is 0 Å². The van der Waals surface area contributed by atoms with Crippen LogP contribution in [0.1, 0.15) is 17.3 Å². The van der Waals surface area contributed by atoms with E-state index in [4.69, 9.17) is 5.73 Å². The molecule has 1 aromatic heterocycles. The molecule has 1 amide bonds. The molecule has 0 saturated carbocycles. The Bertz CT molecular complexity index is 502. The Kier molecular flexibility index (Phi) is 2.92. The van der Waals surface area contributed by atoms with Crippen molar-refractivity contribution in [3.05, 3.63) is 36.0 Å². The van der Waals surface area contributed by atoms with Gasteiger partial charge in [0.05, 0.1) is 5.56 Å². The first-order valence-corrected chi connectivity index (χ1v) is 5.28. The first-order chi connectivity index (χ1) is 7.68. The van der Waals surface area contributed by atoms with E-state index in [9.17, 15) is 4.79 Å². The quantitative estimate of drug-likeness (QED) is 0.724. The lowest BCUT2D eigenvalue weighted by Gasteiger charge is -2.06. The molecule has 0 aliphatic heterocycles. The number of hydrogen-bond acceptors (Lipinski definition) is 2. The summed E-state index contributed by atoms with van der Waals surface area (Å²) in [7, 11) is 0. The molecule has 0 spiro atoms. The molecule has 1 heterocycles. The molecular formula is C12H15N3O. The number of nitrogens with two attached hydrogens (primary N) is 1. The predicted octanol–water partition coefficient (Wildman–Crippen LogP) is 1.24. The summed E-state index contributed by atoms with van der Waals surface area (Å²) in [6, 6.07) is 7.68. The highest BCUT2D eigenvalue weighted by atomic mass is 16.1. The minimum atomic E-state index is -0.0882. The molecule has 0 bridgehead atoms. The van der Waals surface area contributed by atoms with E-state index in [0.717, 1.165) is 10.9 Å². The van der Waals surface area contributed by atoms with Crippen LogP contribution < -0.4 is 11.1 Å². The van der Waals surface area contributed by atoms with Crippen molar-refractivity contribution in [2.45, 2.75) is 13.0 Å². The molecular weight excluding hydrogens is 202 g/mol. The van der Waals surface area contributed by atoms with E-state index in [2.05, 4.69) is 10.3 Å². The highest BCUT2D eigenvalue weighted by Gasteiger charge is 2.11. The third-order valence-electron chi connectivity index (χ3n) is 2.42. The van der Waals surface area contributed by atoms with Crippen molar-refractivity contribution < 1.29 is 4.79 Å². The standard InChI is InChI=1S/C12H15N3O/c1-8(13)6-15-12(16)10-7-14-11-5-3-2-4-9(10)11/h2-5,7-8,14H,6,13H2,1H3,(H,15,16). The van der Waals surface area contributed by atoms with Gasteiger partial charge >= 0.3 is 0 Å². The third-order valence-corrected chi connectivity index (χ3v) is 2.42. The Balaban J connectivity index is 2.23. The zero-order valence-corrected chi connectivity index (χ0v) is 9.16. The predicted molar refractivity (Wildman–Crippen MR) is 64.3 cm³/mol. The van der Waals surface area contributed by atoms with E-state index >= 15 is 0 Å². The van der Waals surface area contributed by atoms with Crippen molar-refractivity contribution in [2.75, 3.05) is 6.54 Å². The van der Waals surface area contributed by atoms with Crippen LogP contribution in [0.25, 0.3) is 10.9 Å². The molecule has 16 heavy (non-hydrogen) atoms. The van der Waals surface area contributed by atoms with Crippen LogP contribution in [0.3, 0.4) is 0 Å². The Labute approximate surface area is 93.8 Å². The van der Waals surface area contributed by atoms with Gasteiger partial charge in [0.1, 0.15) is 0 Å². The van der Waals surface area contributed by atoms with Gasteiger partial charge in [0, 0.05) is 29.7 Å². The Hall–Kier alpha value is -1.81. The molecule has 4 heteroatoms. The molecule has 4 nitrogen and oxygen atoms in total. The van der Waals surface area contributed by atoms with Gasteiger partial charge in [0.2, 0.25) is 0 Å². The second-order valence-electron chi connectivity index (χ2n) is 3.94. The van der Waals surface area contributed by atoms with Crippen molar-refractivity contribution in [3.8, 4) is 0 Å². The summed E-state index contributed by atoms with van der Waals surface area (Å²) in [5.41, 5.74) is 7.21. The molecule has 0 aliphatic carbocycles. The van der Waals surface area contributed by atoms with Crippen LogP contribution in [0.5, 0.6) is 0 Å². The van der Waals surface area contributed by atoms with Gasteiger partial charge in [-0.2, -0.15) is 0 Å². The Morgan fingerprint density at radius 2 is 2.25 bits per heavy atom. The zero-order chi connectivity index (χ0) is 11.5. The van der Waals surface area contributed by atoms with Crippen molar-refractivity contribution in [1.82, 2.24) is 10.3 Å². The maximum absolute atomic E-state index is 11.8. The van der Waals surface area contributed by atoms with Crippen LogP contribution >= 0.6 is 0 Å². The molecule has 0 fully saturated rings. The van der Waals surface area contributed by atoms with E-state index in [1.54, 1.807) is 6.20 Å². The molecule has 4 N–H and O–H groups in total. The van der Waals surface area contributed by atoms with E-state index in [-0.39, 0.29) is 11.9 Å². The van der Waals surface area contributed by atoms with Crippen LogP contribution in [0.2, 0.25) is 0 Å². The van der Waals surface area contributed by atoms with E-state index in [1.165, 1.54) is 0 Å². The lowest BCUT2D eigenvalue weighted by Crippen LogP contribution is -2.35. The van der Waals surface area contributed by atoms with Gasteiger partial charge in [0.15, 0.2) is 0 Å². The SMILES string of the molecule is CC(N)CNC(=O)c1c[nH]c2ccccc12. The Morgan fingerprint density at radius 3 is 3.00 bits per heavy atom. The maximum atomic E-state index is 11.8. The highest BCUT2D eigenvalue weighted by molar-refractivity contribution is 6.06. The van der Waals surface area contributed by atoms with Crippen molar-refractivity contribution in [3.63, 3.8) is 0 Å². The lowest BCUT2D eigenvalue weighted by atomic mass is 10.1. The number of benzene rings is 1. The summed E-state index contributed by atoms with van der Waals surface area (Å²) >= 11 is 0. The van der Waals surface area contributed by atoms with Crippen molar-refractivity contribution >= 4 is 16.8 Å². The number of H-pyrrole nitrogens is 1. The first-order valence-electron chi connectivity index (χ1n) is 5.28. The monoisotopic (exact) mass is 217 g/mol. The molecule has 0 aliphatic rings. The summed E-state index contributed by atoms with van der Waals surface area (Å²) < 4.78 is 0. The number of carbonyl (C=O) groups excluding carboxylic acids is 1. The van der Waals surface area contributed by atoms with Gasteiger partial charge < -0.3 is 16.0 Å². The largest absolute Gasteiger partial charge is 0.360 e. The average molecular weight is 217 g/mol. The molecule has 1 aromatic carbocycles.